The lowest BCUT2D eigenvalue weighted by molar-refractivity contribution is -0.0681. The summed E-state index contributed by atoms with van der Waals surface area (Å²) >= 11 is 0. The first-order valence-corrected chi connectivity index (χ1v) is 5.64. The van der Waals surface area contributed by atoms with Crippen LogP contribution in [-0.2, 0) is 4.74 Å². The molecule has 0 aromatic rings. The summed E-state index contributed by atoms with van der Waals surface area (Å²) in [4.78, 5) is 12.7. The van der Waals surface area contributed by atoms with E-state index in [0.717, 1.165) is 0 Å². The minimum atomic E-state index is -4.46. The standard InChI is InChI=1S/C10H14F3N3O2/c1-18-9(17)16-3-2-6-4-14-15-8(7(6)5-16)10(11,12)13/h6-7,14H,2-5H2,1H3. The molecule has 0 radical (unpaired) electrons. The summed E-state index contributed by atoms with van der Waals surface area (Å²) in [5.41, 5.74) is 1.61. The third-order valence-electron chi connectivity index (χ3n) is 3.38. The molecule has 2 aliphatic rings. The van der Waals surface area contributed by atoms with Crippen LogP contribution >= 0.6 is 0 Å². The van der Waals surface area contributed by atoms with Gasteiger partial charge < -0.3 is 15.1 Å². The van der Waals surface area contributed by atoms with Crippen molar-refractivity contribution in [1.29, 1.82) is 0 Å². The first-order valence-electron chi connectivity index (χ1n) is 5.64. The SMILES string of the molecule is COC(=O)N1CCC2CNN=C(C(F)(F)F)C2C1. The quantitative estimate of drug-likeness (QED) is 0.716. The molecular formula is C10H14F3N3O2. The molecule has 0 aliphatic carbocycles. The smallest absolute Gasteiger partial charge is 0.431 e. The summed E-state index contributed by atoms with van der Waals surface area (Å²) in [6.07, 6.45) is -4.54. The number of hydrazone groups is 1. The van der Waals surface area contributed by atoms with Gasteiger partial charge in [0.1, 0.15) is 5.71 Å². The highest BCUT2D eigenvalue weighted by Crippen LogP contribution is 2.33. The Kier molecular flexibility index (Phi) is 3.36. The van der Waals surface area contributed by atoms with Crippen molar-refractivity contribution in [3.05, 3.63) is 0 Å². The molecule has 2 rings (SSSR count). The van der Waals surface area contributed by atoms with Crippen molar-refractivity contribution in [3.8, 4) is 0 Å². The zero-order valence-electron chi connectivity index (χ0n) is 9.83. The fraction of sp³-hybridized carbons (Fsp3) is 0.800. The predicted octanol–water partition coefficient (Wildman–Crippen LogP) is 1.21. The number of likely N-dealkylation sites (tertiary alicyclic amines) is 1. The topological polar surface area (TPSA) is 53.9 Å². The number of halogens is 3. The minimum absolute atomic E-state index is 0.0113. The van der Waals surface area contributed by atoms with E-state index < -0.39 is 23.9 Å². The Balaban J connectivity index is 2.17. The number of amides is 1. The van der Waals surface area contributed by atoms with Gasteiger partial charge >= 0.3 is 12.3 Å². The van der Waals surface area contributed by atoms with Gasteiger partial charge in [-0.1, -0.05) is 0 Å². The summed E-state index contributed by atoms with van der Waals surface area (Å²) in [5, 5.41) is 3.37. The van der Waals surface area contributed by atoms with Crippen molar-refractivity contribution in [2.24, 2.45) is 16.9 Å². The van der Waals surface area contributed by atoms with Gasteiger partial charge in [-0.15, -0.1) is 0 Å². The fourth-order valence-corrected chi connectivity index (χ4v) is 2.45. The number of fused-ring (bicyclic) bond motifs is 1. The van der Waals surface area contributed by atoms with E-state index >= 15 is 0 Å². The van der Waals surface area contributed by atoms with Crippen LogP contribution in [0.2, 0.25) is 0 Å². The number of hydrogen-bond acceptors (Lipinski definition) is 4. The molecule has 0 aromatic carbocycles. The Hall–Kier alpha value is -1.47. The Bertz CT molecular complexity index is 370. The number of rotatable bonds is 0. The highest BCUT2D eigenvalue weighted by Gasteiger charge is 2.48. The van der Waals surface area contributed by atoms with Crippen LogP contribution in [0.3, 0.4) is 0 Å². The zero-order chi connectivity index (χ0) is 13.3. The van der Waals surface area contributed by atoms with Crippen molar-refractivity contribution in [2.45, 2.75) is 12.6 Å². The van der Waals surface area contributed by atoms with E-state index in [1.165, 1.54) is 12.0 Å². The first kappa shape index (κ1) is 13.0. The molecule has 1 amide bonds. The van der Waals surface area contributed by atoms with Gasteiger partial charge in [-0.3, -0.25) is 0 Å². The molecule has 0 bridgehead atoms. The number of ether oxygens (including phenoxy) is 1. The van der Waals surface area contributed by atoms with Gasteiger partial charge in [0.25, 0.3) is 0 Å². The van der Waals surface area contributed by atoms with Gasteiger partial charge in [0.2, 0.25) is 0 Å². The molecule has 2 aliphatic heterocycles. The molecule has 102 valence electrons. The number of piperidine rings is 1. The predicted molar refractivity (Wildman–Crippen MR) is 57.1 cm³/mol. The largest absolute Gasteiger partial charge is 0.453 e. The maximum absolute atomic E-state index is 12.8. The van der Waals surface area contributed by atoms with E-state index in [0.29, 0.717) is 19.5 Å². The van der Waals surface area contributed by atoms with E-state index in [1.807, 2.05) is 0 Å². The number of methoxy groups -OCH3 is 1. The van der Waals surface area contributed by atoms with Crippen molar-refractivity contribution in [3.63, 3.8) is 0 Å². The third-order valence-corrected chi connectivity index (χ3v) is 3.38. The van der Waals surface area contributed by atoms with E-state index in [4.69, 9.17) is 0 Å². The number of alkyl halides is 3. The molecule has 8 heteroatoms. The van der Waals surface area contributed by atoms with Crippen LogP contribution in [0.15, 0.2) is 5.10 Å². The number of carbonyl (C=O) groups excluding carboxylic acids is 1. The lowest BCUT2D eigenvalue weighted by atomic mass is 9.81. The molecule has 5 nitrogen and oxygen atoms in total. The van der Waals surface area contributed by atoms with Crippen LogP contribution in [0.4, 0.5) is 18.0 Å². The van der Waals surface area contributed by atoms with Gasteiger partial charge in [-0.2, -0.15) is 18.3 Å². The number of nitrogens with zero attached hydrogens (tertiary/aromatic N) is 2. The average molecular weight is 265 g/mol. The van der Waals surface area contributed by atoms with Crippen molar-refractivity contribution < 1.29 is 22.7 Å². The van der Waals surface area contributed by atoms with Gasteiger partial charge in [-0.05, 0) is 12.3 Å². The van der Waals surface area contributed by atoms with Crippen LogP contribution in [0.25, 0.3) is 0 Å². The Morgan fingerprint density at radius 2 is 2.28 bits per heavy atom. The molecule has 18 heavy (non-hydrogen) atoms. The molecule has 2 unspecified atom stereocenters. The van der Waals surface area contributed by atoms with Crippen molar-refractivity contribution >= 4 is 11.8 Å². The van der Waals surface area contributed by atoms with E-state index in [9.17, 15) is 18.0 Å². The van der Waals surface area contributed by atoms with Crippen LogP contribution in [0.1, 0.15) is 6.42 Å². The maximum atomic E-state index is 12.8. The lowest BCUT2D eigenvalue weighted by Gasteiger charge is -2.40. The van der Waals surface area contributed by atoms with E-state index in [2.05, 4.69) is 15.3 Å². The van der Waals surface area contributed by atoms with Crippen LogP contribution in [0.5, 0.6) is 0 Å². The van der Waals surface area contributed by atoms with E-state index in [-0.39, 0.29) is 12.5 Å². The second-order valence-electron chi connectivity index (χ2n) is 4.43. The summed E-state index contributed by atoms with van der Waals surface area (Å²) in [5.74, 6) is -0.904. The highest BCUT2D eigenvalue weighted by atomic mass is 19.4. The van der Waals surface area contributed by atoms with Crippen molar-refractivity contribution in [2.75, 3.05) is 26.7 Å². The summed E-state index contributed by atoms with van der Waals surface area (Å²) in [6, 6.07) is 0. The number of nitrogens with one attached hydrogen (secondary N) is 1. The minimum Gasteiger partial charge on any atom is -0.453 e. The van der Waals surface area contributed by atoms with E-state index in [1.54, 1.807) is 0 Å². The molecule has 0 saturated carbocycles. The third kappa shape index (κ3) is 2.37. The monoisotopic (exact) mass is 265 g/mol. The molecule has 1 N–H and O–H groups in total. The van der Waals surface area contributed by atoms with Crippen LogP contribution < -0.4 is 5.43 Å². The van der Waals surface area contributed by atoms with Gasteiger partial charge in [0.15, 0.2) is 0 Å². The van der Waals surface area contributed by atoms with Gasteiger partial charge in [0.05, 0.1) is 7.11 Å². The normalized spacial score (nSPS) is 28.0. The summed E-state index contributed by atoms with van der Waals surface area (Å²) in [7, 11) is 1.22. The summed E-state index contributed by atoms with van der Waals surface area (Å²) in [6.45, 7) is 0.845. The average Bonchev–Trinajstić information content (AvgIpc) is 2.35. The van der Waals surface area contributed by atoms with Gasteiger partial charge in [-0.25, -0.2) is 4.79 Å². The second kappa shape index (κ2) is 4.66. The number of hydrogen-bond donors (Lipinski definition) is 1. The highest BCUT2D eigenvalue weighted by molar-refractivity contribution is 5.93. The first-order chi connectivity index (χ1) is 8.43. The molecule has 0 aromatic heterocycles. The maximum Gasteiger partial charge on any atom is 0.431 e. The van der Waals surface area contributed by atoms with Crippen LogP contribution in [0, 0.1) is 11.8 Å². The molecule has 1 saturated heterocycles. The molecule has 2 heterocycles. The van der Waals surface area contributed by atoms with Crippen molar-refractivity contribution in [1.82, 2.24) is 10.3 Å². The van der Waals surface area contributed by atoms with Gasteiger partial charge in [0, 0.05) is 25.6 Å². The Labute approximate surface area is 102 Å². The molecule has 2 atom stereocenters. The lowest BCUT2D eigenvalue weighted by Crippen LogP contribution is -2.54. The second-order valence-corrected chi connectivity index (χ2v) is 4.43. The molecule has 1 fully saturated rings. The molecular weight excluding hydrogens is 251 g/mol. The van der Waals surface area contributed by atoms with Crippen LogP contribution in [-0.4, -0.2) is 49.6 Å². The fourth-order valence-electron chi connectivity index (χ4n) is 2.45. The Morgan fingerprint density at radius 1 is 1.56 bits per heavy atom. The molecule has 0 spiro atoms. The Morgan fingerprint density at radius 3 is 2.89 bits per heavy atom. The summed E-state index contributed by atoms with van der Waals surface area (Å²) < 4.78 is 43.0. The number of carbonyl (C=O) groups is 1. The zero-order valence-corrected chi connectivity index (χ0v) is 9.83.